The zero-order chi connectivity index (χ0) is 12.0. The largest absolute Gasteiger partial charge is 0.381 e. The fourth-order valence-corrected chi connectivity index (χ4v) is 1.37. The topological polar surface area (TPSA) is 15.6 Å². The second-order valence-electron chi connectivity index (χ2n) is 4.06. The van der Waals surface area contributed by atoms with Gasteiger partial charge in [0.1, 0.15) is 0 Å². The van der Waals surface area contributed by atoms with Gasteiger partial charge in [0.2, 0.25) is 0 Å². The van der Waals surface area contributed by atoms with Gasteiger partial charge in [0.25, 0.3) is 0 Å². The number of hydrogen-bond donors (Lipinski definition) is 0. The van der Waals surface area contributed by atoms with Gasteiger partial charge in [-0.3, -0.25) is 4.99 Å². The summed E-state index contributed by atoms with van der Waals surface area (Å²) in [5.41, 5.74) is 3.62. The first-order valence-electron chi connectivity index (χ1n) is 5.48. The van der Waals surface area contributed by atoms with Crippen molar-refractivity contribution in [2.45, 2.75) is 13.3 Å². The molecule has 16 heavy (non-hydrogen) atoms. The summed E-state index contributed by atoms with van der Waals surface area (Å²) >= 11 is 0. The van der Waals surface area contributed by atoms with E-state index in [1.807, 2.05) is 27.2 Å². The fourth-order valence-electron chi connectivity index (χ4n) is 1.37. The smallest absolute Gasteiger partial charge is 0.0405 e. The molecule has 1 rings (SSSR count). The van der Waals surface area contributed by atoms with Crippen molar-refractivity contribution < 1.29 is 0 Å². The van der Waals surface area contributed by atoms with Crippen LogP contribution in [0.1, 0.15) is 12.5 Å². The highest BCUT2D eigenvalue weighted by molar-refractivity contribution is 5.96. The van der Waals surface area contributed by atoms with Crippen LogP contribution in [0.25, 0.3) is 0 Å². The maximum atomic E-state index is 4.32. The Morgan fingerprint density at radius 1 is 1.25 bits per heavy atom. The minimum absolute atomic E-state index is 0.891. The average Bonchev–Trinajstić information content (AvgIpc) is 2.29. The molecular weight excluding hydrogens is 196 g/mol. The van der Waals surface area contributed by atoms with Crippen LogP contribution in [0.15, 0.2) is 47.1 Å². The maximum Gasteiger partial charge on any atom is 0.0405 e. The van der Waals surface area contributed by atoms with Gasteiger partial charge in [-0.25, -0.2) is 0 Å². The molecule has 86 valence electrons. The first-order chi connectivity index (χ1) is 7.63. The number of nitrogens with zero attached hydrogens (tertiary/aromatic N) is 2. The van der Waals surface area contributed by atoms with Crippen molar-refractivity contribution in [1.29, 1.82) is 0 Å². The molecule has 0 amide bonds. The van der Waals surface area contributed by atoms with Gasteiger partial charge in [0.05, 0.1) is 0 Å². The molecule has 0 atom stereocenters. The van der Waals surface area contributed by atoms with Crippen LogP contribution in [0.3, 0.4) is 0 Å². The molecule has 2 nitrogen and oxygen atoms in total. The highest BCUT2D eigenvalue weighted by Crippen LogP contribution is 2.04. The molecule has 1 aromatic rings. The first kappa shape index (κ1) is 12.5. The number of aliphatic imine (C=N–C) groups is 1. The van der Waals surface area contributed by atoms with Crippen LogP contribution in [0.2, 0.25) is 0 Å². The van der Waals surface area contributed by atoms with Gasteiger partial charge >= 0.3 is 0 Å². The van der Waals surface area contributed by atoms with Crippen LogP contribution in [-0.2, 0) is 6.42 Å². The summed E-state index contributed by atoms with van der Waals surface area (Å²) < 4.78 is 0. The van der Waals surface area contributed by atoms with E-state index in [1.165, 1.54) is 11.3 Å². The fraction of sp³-hybridized carbons (Fsp3) is 0.357. The van der Waals surface area contributed by atoms with Crippen molar-refractivity contribution in [3.8, 4) is 0 Å². The van der Waals surface area contributed by atoms with E-state index in [2.05, 4.69) is 47.2 Å². The lowest BCUT2D eigenvalue weighted by Gasteiger charge is -2.13. The standard InChI is InChI=1S/C14H20N2/c1-12(16(3)4)10-14(15-2)11-13-8-6-5-7-9-13/h5-10H,11H2,1-4H3/b12-10-,15-14-. The van der Waals surface area contributed by atoms with Gasteiger partial charge in [-0.1, -0.05) is 30.3 Å². The first-order valence-corrected chi connectivity index (χ1v) is 5.48. The molecular formula is C14H20N2. The highest BCUT2D eigenvalue weighted by Gasteiger charge is 1.99. The van der Waals surface area contributed by atoms with Crippen LogP contribution in [0.5, 0.6) is 0 Å². The van der Waals surface area contributed by atoms with Gasteiger partial charge in [0.15, 0.2) is 0 Å². The number of hydrogen-bond acceptors (Lipinski definition) is 2. The zero-order valence-corrected chi connectivity index (χ0v) is 10.6. The van der Waals surface area contributed by atoms with Crippen LogP contribution < -0.4 is 0 Å². The van der Waals surface area contributed by atoms with Crippen molar-refractivity contribution >= 4 is 5.71 Å². The zero-order valence-electron chi connectivity index (χ0n) is 10.6. The lowest BCUT2D eigenvalue weighted by Crippen LogP contribution is -2.11. The van der Waals surface area contributed by atoms with E-state index in [4.69, 9.17) is 0 Å². The Bertz CT molecular complexity index is 375. The molecule has 0 aromatic heterocycles. The molecule has 0 heterocycles. The summed E-state index contributed by atoms with van der Waals surface area (Å²) in [5.74, 6) is 0. The minimum atomic E-state index is 0.891. The summed E-state index contributed by atoms with van der Waals surface area (Å²) in [6, 6.07) is 10.4. The molecule has 0 radical (unpaired) electrons. The van der Waals surface area contributed by atoms with E-state index in [0.717, 1.165) is 12.1 Å². The SMILES string of the molecule is C/N=C(/C=C(/C)N(C)C)Cc1ccccc1. The predicted octanol–water partition coefficient (Wildman–Crippen LogP) is 2.77. The Labute approximate surface area is 98.3 Å². The summed E-state index contributed by atoms with van der Waals surface area (Å²) in [4.78, 5) is 6.41. The maximum absolute atomic E-state index is 4.32. The van der Waals surface area contributed by atoms with Crippen LogP contribution in [0, 0.1) is 0 Å². The Morgan fingerprint density at radius 3 is 2.38 bits per heavy atom. The van der Waals surface area contributed by atoms with Gasteiger partial charge in [0, 0.05) is 39.0 Å². The number of allylic oxidation sites excluding steroid dienone is 2. The summed E-state index contributed by atoms with van der Waals surface area (Å²) in [6.07, 6.45) is 3.02. The van der Waals surface area contributed by atoms with Crippen molar-refractivity contribution in [2.24, 2.45) is 4.99 Å². The third kappa shape index (κ3) is 3.89. The van der Waals surface area contributed by atoms with Crippen LogP contribution in [0.4, 0.5) is 0 Å². The Kier molecular flexibility index (Phi) is 4.77. The van der Waals surface area contributed by atoms with Crippen molar-refractivity contribution in [2.75, 3.05) is 21.1 Å². The molecule has 0 unspecified atom stereocenters. The molecule has 0 N–H and O–H groups in total. The molecule has 0 saturated heterocycles. The van der Waals surface area contributed by atoms with E-state index in [1.54, 1.807) is 0 Å². The molecule has 0 aliphatic heterocycles. The molecule has 0 spiro atoms. The minimum Gasteiger partial charge on any atom is -0.381 e. The summed E-state index contributed by atoms with van der Waals surface area (Å²) in [7, 11) is 5.93. The lowest BCUT2D eigenvalue weighted by atomic mass is 10.1. The normalized spacial score (nSPS) is 12.8. The predicted molar refractivity (Wildman–Crippen MR) is 70.9 cm³/mol. The van der Waals surface area contributed by atoms with Crippen LogP contribution in [-0.4, -0.2) is 31.8 Å². The van der Waals surface area contributed by atoms with Crippen molar-refractivity contribution in [1.82, 2.24) is 4.90 Å². The molecule has 0 saturated carbocycles. The average molecular weight is 216 g/mol. The van der Waals surface area contributed by atoms with E-state index >= 15 is 0 Å². The monoisotopic (exact) mass is 216 g/mol. The number of benzene rings is 1. The van der Waals surface area contributed by atoms with Gasteiger partial charge in [-0.05, 0) is 18.6 Å². The Hall–Kier alpha value is -1.57. The molecule has 0 aliphatic carbocycles. The van der Waals surface area contributed by atoms with E-state index in [-0.39, 0.29) is 0 Å². The highest BCUT2D eigenvalue weighted by atomic mass is 15.1. The van der Waals surface area contributed by atoms with Gasteiger partial charge in [-0.15, -0.1) is 0 Å². The summed E-state index contributed by atoms with van der Waals surface area (Å²) in [6.45, 7) is 2.09. The third-order valence-electron chi connectivity index (χ3n) is 2.60. The van der Waals surface area contributed by atoms with Crippen LogP contribution >= 0.6 is 0 Å². The van der Waals surface area contributed by atoms with Gasteiger partial charge < -0.3 is 4.90 Å². The van der Waals surface area contributed by atoms with E-state index < -0.39 is 0 Å². The lowest BCUT2D eigenvalue weighted by molar-refractivity contribution is 0.514. The number of rotatable bonds is 4. The molecule has 0 bridgehead atoms. The van der Waals surface area contributed by atoms with E-state index in [9.17, 15) is 0 Å². The molecule has 0 fully saturated rings. The molecule has 1 aromatic carbocycles. The van der Waals surface area contributed by atoms with Crippen molar-refractivity contribution in [3.05, 3.63) is 47.7 Å². The van der Waals surface area contributed by atoms with Gasteiger partial charge in [-0.2, -0.15) is 0 Å². The van der Waals surface area contributed by atoms with E-state index in [0.29, 0.717) is 0 Å². The molecule has 0 aliphatic rings. The second-order valence-corrected chi connectivity index (χ2v) is 4.06. The second kappa shape index (κ2) is 6.11. The quantitative estimate of drug-likeness (QED) is 0.707. The Balaban J connectivity index is 2.75. The van der Waals surface area contributed by atoms with Crippen molar-refractivity contribution in [3.63, 3.8) is 0 Å². The summed E-state index contributed by atoms with van der Waals surface area (Å²) in [5, 5.41) is 0. The Morgan fingerprint density at radius 2 is 1.88 bits per heavy atom. The molecule has 2 heteroatoms. The third-order valence-corrected chi connectivity index (χ3v) is 2.60.